The Balaban J connectivity index is 1.41. The van der Waals surface area contributed by atoms with Gasteiger partial charge < -0.3 is 19.0 Å². The number of furan rings is 1. The first-order valence-corrected chi connectivity index (χ1v) is 13.2. The number of amides is 2. The van der Waals surface area contributed by atoms with Gasteiger partial charge in [0.15, 0.2) is 0 Å². The molecule has 0 saturated carbocycles. The van der Waals surface area contributed by atoms with E-state index in [9.17, 15) is 14.7 Å². The molecule has 37 heavy (non-hydrogen) atoms. The van der Waals surface area contributed by atoms with Crippen molar-refractivity contribution in [3.63, 3.8) is 0 Å². The van der Waals surface area contributed by atoms with E-state index in [1.54, 1.807) is 13.2 Å². The number of nitrogens with zero attached hydrogens (tertiary/aromatic N) is 1. The summed E-state index contributed by atoms with van der Waals surface area (Å²) in [6.07, 6.45) is 4.69. The van der Waals surface area contributed by atoms with E-state index < -0.39 is 0 Å². The standard InChI is InChI=1S/C30H35NO6/c1-3-13-31-29(33)24-15-21(17-35-2)27-25(28(24)30(31)34)18-36-26(27)12-9-20(19-7-5-4-6-8-19)14-22-10-11-23(16-32)37-22/h4-8,10-11,14,24-26,28,32H,3,9,12-13,15-18H2,1-2H3/b20-14-/t24-,25+,26-,28-/m1/s1. The predicted octanol–water partition coefficient (Wildman–Crippen LogP) is 4.47. The molecule has 2 fully saturated rings. The van der Waals surface area contributed by atoms with Gasteiger partial charge in [0, 0.05) is 19.6 Å². The van der Waals surface area contributed by atoms with Crippen molar-refractivity contribution in [2.45, 2.75) is 45.3 Å². The fraction of sp³-hybridized carbons (Fsp3) is 0.467. The molecular formula is C30H35NO6. The second-order valence-electron chi connectivity index (χ2n) is 10.1. The normalized spacial score (nSPS) is 25.7. The maximum Gasteiger partial charge on any atom is 0.233 e. The summed E-state index contributed by atoms with van der Waals surface area (Å²) in [5.74, 6) is 0.432. The molecule has 1 aromatic carbocycles. The van der Waals surface area contributed by atoms with Crippen molar-refractivity contribution in [1.82, 2.24) is 4.90 Å². The highest BCUT2D eigenvalue weighted by Crippen LogP contribution is 2.50. The van der Waals surface area contributed by atoms with Crippen LogP contribution in [-0.4, -0.2) is 54.8 Å². The molecule has 3 heterocycles. The Labute approximate surface area is 217 Å². The molecule has 196 valence electrons. The number of benzene rings is 1. The molecule has 2 amide bonds. The van der Waals surface area contributed by atoms with E-state index in [4.69, 9.17) is 13.9 Å². The number of methoxy groups -OCH3 is 1. The van der Waals surface area contributed by atoms with Gasteiger partial charge in [-0.05, 0) is 66.2 Å². The van der Waals surface area contributed by atoms with Crippen LogP contribution in [0.3, 0.4) is 0 Å². The Morgan fingerprint density at radius 3 is 2.65 bits per heavy atom. The van der Waals surface area contributed by atoms with E-state index in [1.165, 1.54) is 4.90 Å². The van der Waals surface area contributed by atoms with Crippen molar-refractivity contribution in [2.24, 2.45) is 17.8 Å². The van der Waals surface area contributed by atoms with Gasteiger partial charge in [-0.3, -0.25) is 14.5 Å². The second kappa shape index (κ2) is 11.2. The van der Waals surface area contributed by atoms with Crippen molar-refractivity contribution in [2.75, 3.05) is 26.9 Å². The Morgan fingerprint density at radius 2 is 1.95 bits per heavy atom. The van der Waals surface area contributed by atoms with E-state index in [0.29, 0.717) is 37.7 Å². The van der Waals surface area contributed by atoms with Crippen molar-refractivity contribution in [3.8, 4) is 0 Å². The smallest absolute Gasteiger partial charge is 0.233 e. The van der Waals surface area contributed by atoms with Crippen LogP contribution in [0.1, 0.15) is 49.7 Å². The third-order valence-electron chi connectivity index (χ3n) is 7.84. The summed E-state index contributed by atoms with van der Waals surface area (Å²) < 4.78 is 17.6. The predicted molar refractivity (Wildman–Crippen MR) is 139 cm³/mol. The Bertz CT molecular complexity index is 1200. The van der Waals surface area contributed by atoms with Gasteiger partial charge in [0.25, 0.3) is 0 Å². The Morgan fingerprint density at radius 1 is 1.14 bits per heavy atom. The summed E-state index contributed by atoms with van der Waals surface area (Å²) in [7, 11) is 1.67. The zero-order chi connectivity index (χ0) is 25.9. The monoisotopic (exact) mass is 505 g/mol. The lowest BCUT2D eigenvalue weighted by atomic mass is 9.69. The summed E-state index contributed by atoms with van der Waals surface area (Å²) >= 11 is 0. The number of carbonyl (C=O) groups is 2. The molecule has 2 aromatic rings. The second-order valence-corrected chi connectivity index (χ2v) is 10.1. The number of rotatable bonds is 10. The highest BCUT2D eigenvalue weighted by atomic mass is 16.5. The van der Waals surface area contributed by atoms with Gasteiger partial charge in [-0.1, -0.05) is 37.3 Å². The number of ether oxygens (including phenoxy) is 2. The van der Waals surface area contributed by atoms with Crippen LogP contribution in [0.5, 0.6) is 0 Å². The molecule has 1 N–H and O–H groups in total. The van der Waals surface area contributed by atoms with Crippen LogP contribution in [0.25, 0.3) is 11.6 Å². The molecule has 0 radical (unpaired) electrons. The third-order valence-corrected chi connectivity index (χ3v) is 7.84. The molecule has 1 aliphatic carbocycles. The van der Waals surface area contributed by atoms with Crippen molar-refractivity contribution in [1.29, 1.82) is 0 Å². The molecule has 2 aliphatic heterocycles. The van der Waals surface area contributed by atoms with Crippen LogP contribution in [0.4, 0.5) is 0 Å². The van der Waals surface area contributed by atoms with E-state index in [0.717, 1.165) is 41.5 Å². The Kier molecular flexibility index (Phi) is 7.74. The number of likely N-dealkylation sites (tertiary alicyclic amines) is 1. The highest BCUT2D eigenvalue weighted by Gasteiger charge is 2.56. The molecule has 1 aromatic heterocycles. The maximum absolute atomic E-state index is 13.3. The first-order valence-electron chi connectivity index (χ1n) is 13.2. The van der Waals surface area contributed by atoms with Gasteiger partial charge >= 0.3 is 0 Å². The number of hydrogen-bond acceptors (Lipinski definition) is 6. The van der Waals surface area contributed by atoms with Crippen molar-refractivity contribution < 1.29 is 28.6 Å². The van der Waals surface area contributed by atoms with E-state index >= 15 is 0 Å². The summed E-state index contributed by atoms with van der Waals surface area (Å²) in [6.45, 7) is 3.23. The van der Waals surface area contributed by atoms with Crippen LogP contribution in [-0.2, 0) is 25.7 Å². The summed E-state index contributed by atoms with van der Waals surface area (Å²) in [4.78, 5) is 27.9. The van der Waals surface area contributed by atoms with Gasteiger partial charge in [-0.2, -0.15) is 0 Å². The van der Waals surface area contributed by atoms with Gasteiger partial charge in [0.05, 0.1) is 31.2 Å². The fourth-order valence-electron chi connectivity index (χ4n) is 6.26. The largest absolute Gasteiger partial charge is 0.459 e. The molecule has 5 rings (SSSR count). The molecule has 4 atom stereocenters. The lowest BCUT2D eigenvalue weighted by Crippen LogP contribution is -2.35. The van der Waals surface area contributed by atoms with Crippen molar-refractivity contribution >= 4 is 23.5 Å². The minimum atomic E-state index is -0.330. The van der Waals surface area contributed by atoms with E-state index in [2.05, 4.69) is 12.1 Å². The molecule has 0 spiro atoms. The van der Waals surface area contributed by atoms with Crippen LogP contribution in [0.15, 0.2) is 58.0 Å². The zero-order valence-corrected chi connectivity index (χ0v) is 21.5. The number of fused-ring (bicyclic) bond motifs is 3. The van der Waals surface area contributed by atoms with Crippen molar-refractivity contribution in [3.05, 3.63) is 70.7 Å². The van der Waals surface area contributed by atoms with Gasteiger partial charge in [0.1, 0.15) is 18.1 Å². The molecule has 7 nitrogen and oxygen atoms in total. The lowest BCUT2D eigenvalue weighted by molar-refractivity contribution is -0.140. The number of aliphatic hydroxyl groups is 1. The molecule has 2 saturated heterocycles. The fourth-order valence-corrected chi connectivity index (χ4v) is 6.26. The number of hydrogen-bond donors (Lipinski definition) is 1. The summed E-state index contributed by atoms with van der Waals surface area (Å²) in [5.41, 5.74) is 4.48. The molecule has 3 aliphatic rings. The molecule has 0 bridgehead atoms. The van der Waals surface area contributed by atoms with E-state index in [-0.39, 0.29) is 42.3 Å². The van der Waals surface area contributed by atoms with Crippen LogP contribution >= 0.6 is 0 Å². The minimum Gasteiger partial charge on any atom is -0.459 e. The number of allylic oxidation sites excluding steroid dienone is 1. The summed E-state index contributed by atoms with van der Waals surface area (Å²) in [6, 6.07) is 13.8. The number of aliphatic hydroxyl groups excluding tert-OH is 1. The highest BCUT2D eigenvalue weighted by molar-refractivity contribution is 6.06. The first kappa shape index (κ1) is 25.6. The first-order chi connectivity index (χ1) is 18.0. The lowest BCUT2D eigenvalue weighted by Gasteiger charge is -2.31. The molecule has 0 unspecified atom stereocenters. The maximum atomic E-state index is 13.3. The topological polar surface area (TPSA) is 89.2 Å². The third kappa shape index (κ3) is 4.96. The summed E-state index contributed by atoms with van der Waals surface area (Å²) in [5, 5.41) is 9.38. The van der Waals surface area contributed by atoms with Crippen LogP contribution in [0.2, 0.25) is 0 Å². The molecule has 7 heteroatoms. The average molecular weight is 506 g/mol. The van der Waals surface area contributed by atoms with Gasteiger partial charge in [-0.15, -0.1) is 0 Å². The molecular weight excluding hydrogens is 470 g/mol. The van der Waals surface area contributed by atoms with Crippen LogP contribution < -0.4 is 0 Å². The number of carbonyl (C=O) groups excluding carboxylic acids is 2. The van der Waals surface area contributed by atoms with E-state index in [1.807, 2.05) is 37.3 Å². The zero-order valence-electron chi connectivity index (χ0n) is 21.5. The van der Waals surface area contributed by atoms with Crippen LogP contribution in [0, 0.1) is 17.8 Å². The van der Waals surface area contributed by atoms with Gasteiger partial charge in [0.2, 0.25) is 11.8 Å². The number of imide groups is 1. The Hall–Kier alpha value is -3.00. The quantitative estimate of drug-likeness (QED) is 0.379. The minimum absolute atomic E-state index is 0.0389. The van der Waals surface area contributed by atoms with Gasteiger partial charge in [-0.25, -0.2) is 0 Å². The average Bonchev–Trinajstić information content (AvgIpc) is 3.61. The SMILES string of the molecule is CCCN1C(=O)[C@@H]2[C@@H](CC(COC)=C3[C@@H](CC/C(=C/c4ccc(CO)o4)c4ccccc4)OC[C@@H]32)C1=O.